The van der Waals surface area contributed by atoms with E-state index in [9.17, 15) is 0 Å². The minimum absolute atomic E-state index is 0.626. The summed E-state index contributed by atoms with van der Waals surface area (Å²) in [6, 6.07) is 10.4. The highest BCUT2D eigenvalue weighted by molar-refractivity contribution is 9.09. The van der Waals surface area contributed by atoms with E-state index in [4.69, 9.17) is 0 Å². The molecule has 0 spiro atoms. The second-order valence-corrected chi connectivity index (χ2v) is 5.45. The molecule has 1 atom stereocenters. The minimum atomic E-state index is 0.626. The van der Waals surface area contributed by atoms with Crippen LogP contribution < -0.4 is 0 Å². The lowest BCUT2D eigenvalue weighted by atomic mass is 9.99. The van der Waals surface area contributed by atoms with Gasteiger partial charge in [0.1, 0.15) is 0 Å². The van der Waals surface area contributed by atoms with Crippen LogP contribution in [0.25, 0.3) is 0 Å². The van der Waals surface area contributed by atoms with Gasteiger partial charge in [-0.1, -0.05) is 65.8 Å². The number of alkyl halides is 1. The van der Waals surface area contributed by atoms with E-state index < -0.39 is 0 Å². The molecule has 0 aliphatic carbocycles. The van der Waals surface area contributed by atoms with E-state index >= 15 is 0 Å². The molecular formula is C13H17BrS. The van der Waals surface area contributed by atoms with Crippen molar-refractivity contribution in [1.82, 2.24) is 0 Å². The molecule has 0 saturated carbocycles. The highest BCUT2D eigenvalue weighted by Gasteiger charge is 2.06. The van der Waals surface area contributed by atoms with Crippen molar-refractivity contribution in [2.75, 3.05) is 5.33 Å². The number of hydrogen-bond acceptors (Lipinski definition) is 1. The molecule has 2 heteroatoms. The molecule has 0 bridgehead atoms. The highest BCUT2D eigenvalue weighted by Crippen LogP contribution is 2.22. The van der Waals surface area contributed by atoms with Gasteiger partial charge in [0.15, 0.2) is 0 Å². The van der Waals surface area contributed by atoms with E-state index in [2.05, 4.69) is 65.5 Å². The van der Waals surface area contributed by atoms with Gasteiger partial charge in [-0.15, -0.1) is 0 Å². The van der Waals surface area contributed by atoms with Crippen LogP contribution >= 0.6 is 27.7 Å². The molecule has 0 fully saturated rings. The standard InChI is InChI=1S/C13H17BrS/c1-11(2)12(10-14)8-9-15-13-6-4-3-5-7-13/h3-9,11-12H,10H2,1-2H3/t12-/m0/s1. The fourth-order valence-corrected chi connectivity index (χ4v) is 2.88. The largest absolute Gasteiger partial charge is 0.0984 e. The van der Waals surface area contributed by atoms with E-state index in [1.165, 1.54) is 4.90 Å². The second kappa shape index (κ2) is 7.13. The van der Waals surface area contributed by atoms with Crippen LogP contribution in [-0.4, -0.2) is 5.33 Å². The molecule has 0 aromatic heterocycles. The van der Waals surface area contributed by atoms with Gasteiger partial charge < -0.3 is 0 Å². The summed E-state index contributed by atoms with van der Waals surface area (Å²) >= 11 is 5.32. The third kappa shape index (κ3) is 4.89. The van der Waals surface area contributed by atoms with Crippen LogP contribution in [0.5, 0.6) is 0 Å². The summed E-state index contributed by atoms with van der Waals surface area (Å²) in [5.74, 6) is 1.32. The minimum Gasteiger partial charge on any atom is -0.0984 e. The molecule has 1 aromatic carbocycles. The van der Waals surface area contributed by atoms with Crippen LogP contribution in [0.2, 0.25) is 0 Å². The third-order valence-corrected chi connectivity index (χ3v) is 3.89. The normalized spacial score (nSPS) is 13.6. The predicted molar refractivity (Wildman–Crippen MR) is 73.6 cm³/mol. The first-order chi connectivity index (χ1) is 7.24. The lowest BCUT2D eigenvalue weighted by molar-refractivity contribution is 0.515. The van der Waals surface area contributed by atoms with Crippen molar-refractivity contribution in [1.29, 1.82) is 0 Å². The number of allylic oxidation sites excluding steroid dienone is 1. The Bertz CT molecular complexity index is 293. The van der Waals surface area contributed by atoms with Crippen LogP contribution in [0.15, 0.2) is 46.7 Å². The first kappa shape index (κ1) is 12.9. The van der Waals surface area contributed by atoms with Gasteiger partial charge in [0.25, 0.3) is 0 Å². The average Bonchev–Trinajstić information content (AvgIpc) is 2.25. The molecular weight excluding hydrogens is 268 g/mol. The monoisotopic (exact) mass is 284 g/mol. The quantitative estimate of drug-likeness (QED) is 0.544. The van der Waals surface area contributed by atoms with Gasteiger partial charge in [-0.2, -0.15) is 0 Å². The number of rotatable bonds is 5. The highest BCUT2D eigenvalue weighted by atomic mass is 79.9. The Morgan fingerprint density at radius 3 is 2.47 bits per heavy atom. The van der Waals surface area contributed by atoms with Crippen LogP contribution in [0.3, 0.4) is 0 Å². The molecule has 15 heavy (non-hydrogen) atoms. The molecule has 82 valence electrons. The van der Waals surface area contributed by atoms with Crippen molar-refractivity contribution >= 4 is 27.7 Å². The van der Waals surface area contributed by atoms with Crippen molar-refractivity contribution < 1.29 is 0 Å². The summed E-state index contributed by atoms with van der Waals surface area (Å²) < 4.78 is 0. The molecule has 0 aliphatic rings. The fraction of sp³-hybridized carbons (Fsp3) is 0.385. The Balaban J connectivity index is 2.45. The van der Waals surface area contributed by atoms with Crippen LogP contribution in [0.1, 0.15) is 13.8 Å². The Labute approximate surface area is 105 Å². The van der Waals surface area contributed by atoms with E-state index in [1.54, 1.807) is 11.8 Å². The maximum atomic E-state index is 3.54. The molecule has 0 aliphatic heterocycles. The Morgan fingerprint density at radius 2 is 1.93 bits per heavy atom. The molecule has 0 N–H and O–H groups in total. The molecule has 1 aromatic rings. The van der Waals surface area contributed by atoms with Gasteiger partial charge in [0, 0.05) is 10.2 Å². The molecule has 0 heterocycles. The molecule has 0 nitrogen and oxygen atoms in total. The van der Waals surface area contributed by atoms with Gasteiger partial charge in [-0.3, -0.25) is 0 Å². The lowest BCUT2D eigenvalue weighted by Gasteiger charge is -2.12. The number of hydrogen-bond donors (Lipinski definition) is 0. The van der Waals surface area contributed by atoms with Gasteiger partial charge in [-0.25, -0.2) is 0 Å². The fourth-order valence-electron chi connectivity index (χ4n) is 1.17. The predicted octanol–water partition coefficient (Wildman–Crippen LogP) is 4.96. The molecule has 0 radical (unpaired) electrons. The smallest absolute Gasteiger partial charge is 0.0116 e. The Morgan fingerprint density at radius 1 is 1.27 bits per heavy atom. The maximum absolute atomic E-state index is 3.54. The number of benzene rings is 1. The summed E-state index contributed by atoms with van der Waals surface area (Å²) in [4.78, 5) is 1.30. The topological polar surface area (TPSA) is 0 Å². The van der Waals surface area contributed by atoms with E-state index in [-0.39, 0.29) is 0 Å². The number of halogens is 1. The first-order valence-electron chi connectivity index (χ1n) is 5.18. The van der Waals surface area contributed by atoms with Crippen molar-refractivity contribution in [3.05, 3.63) is 41.8 Å². The van der Waals surface area contributed by atoms with Gasteiger partial charge in [0.2, 0.25) is 0 Å². The zero-order valence-electron chi connectivity index (χ0n) is 9.19. The molecule has 0 amide bonds. The van der Waals surface area contributed by atoms with Crippen molar-refractivity contribution in [2.45, 2.75) is 18.7 Å². The van der Waals surface area contributed by atoms with E-state index in [1.807, 2.05) is 6.07 Å². The summed E-state index contributed by atoms with van der Waals surface area (Å²) in [6.45, 7) is 4.51. The molecule has 1 rings (SSSR count). The third-order valence-electron chi connectivity index (χ3n) is 2.31. The van der Waals surface area contributed by atoms with Crippen molar-refractivity contribution in [2.24, 2.45) is 11.8 Å². The Kier molecular flexibility index (Phi) is 6.11. The van der Waals surface area contributed by atoms with E-state index in [0.29, 0.717) is 11.8 Å². The SMILES string of the molecule is CC(C)[C@@H](C=CSc1ccccc1)CBr. The van der Waals surface area contributed by atoms with Crippen LogP contribution in [0.4, 0.5) is 0 Å². The first-order valence-corrected chi connectivity index (χ1v) is 7.18. The second-order valence-electron chi connectivity index (χ2n) is 3.82. The number of thioether (sulfide) groups is 1. The zero-order valence-corrected chi connectivity index (χ0v) is 11.6. The Hall–Kier alpha value is -0.210. The summed E-state index contributed by atoms with van der Waals surface area (Å²) in [7, 11) is 0. The van der Waals surface area contributed by atoms with E-state index in [0.717, 1.165) is 5.33 Å². The molecule has 0 saturated heterocycles. The van der Waals surface area contributed by atoms with Gasteiger partial charge in [0.05, 0.1) is 0 Å². The summed E-state index contributed by atoms with van der Waals surface area (Å²) in [6.07, 6.45) is 2.29. The zero-order chi connectivity index (χ0) is 11.1. The van der Waals surface area contributed by atoms with Crippen LogP contribution in [0, 0.1) is 11.8 Å². The average molecular weight is 285 g/mol. The lowest BCUT2D eigenvalue weighted by Crippen LogP contribution is -2.05. The van der Waals surface area contributed by atoms with Gasteiger partial charge in [-0.05, 0) is 29.4 Å². The van der Waals surface area contributed by atoms with Gasteiger partial charge >= 0.3 is 0 Å². The maximum Gasteiger partial charge on any atom is 0.0116 e. The molecule has 0 unspecified atom stereocenters. The van der Waals surface area contributed by atoms with Crippen molar-refractivity contribution in [3.63, 3.8) is 0 Å². The summed E-state index contributed by atoms with van der Waals surface area (Å²) in [5.41, 5.74) is 0. The van der Waals surface area contributed by atoms with Crippen LogP contribution in [-0.2, 0) is 0 Å². The van der Waals surface area contributed by atoms with Crippen molar-refractivity contribution in [3.8, 4) is 0 Å². The summed E-state index contributed by atoms with van der Waals surface area (Å²) in [5, 5.41) is 3.23.